The zero-order valence-corrected chi connectivity index (χ0v) is 11.7. The van der Waals surface area contributed by atoms with E-state index < -0.39 is 17.6 Å². The average Bonchev–Trinajstić information content (AvgIpc) is 2.50. The van der Waals surface area contributed by atoms with Gasteiger partial charge in [-0.25, -0.2) is 13.6 Å². The van der Waals surface area contributed by atoms with Crippen molar-refractivity contribution in [2.24, 2.45) is 0 Å². The molecule has 1 N–H and O–H groups in total. The summed E-state index contributed by atoms with van der Waals surface area (Å²) in [5, 5.41) is 2.92. The molecule has 0 aliphatic carbocycles. The number of anilines is 1. The van der Waals surface area contributed by atoms with E-state index in [1.54, 1.807) is 0 Å². The van der Waals surface area contributed by atoms with Crippen LogP contribution in [0.25, 0.3) is 0 Å². The molecule has 0 saturated carbocycles. The Morgan fingerprint density at radius 2 is 1.81 bits per heavy atom. The van der Waals surface area contributed by atoms with Gasteiger partial charge in [0.1, 0.15) is 11.6 Å². The van der Waals surface area contributed by atoms with Crippen LogP contribution >= 0.6 is 0 Å². The Morgan fingerprint density at radius 1 is 1.14 bits per heavy atom. The summed E-state index contributed by atoms with van der Waals surface area (Å²) in [6, 6.07) is 11.0. The predicted molar refractivity (Wildman–Crippen MR) is 76.2 cm³/mol. The monoisotopic (exact) mass is 291 g/mol. The van der Waals surface area contributed by atoms with E-state index in [0.717, 1.165) is 18.7 Å². The fraction of sp³-hybridized carbons (Fsp3) is 0.188. The van der Waals surface area contributed by atoms with Gasteiger partial charge in [0.2, 0.25) is 0 Å². The molecule has 0 aliphatic heterocycles. The van der Waals surface area contributed by atoms with Crippen LogP contribution in [0.2, 0.25) is 0 Å². The highest BCUT2D eigenvalue weighted by atomic mass is 19.1. The summed E-state index contributed by atoms with van der Waals surface area (Å²) >= 11 is 0. The lowest BCUT2D eigenvalue weighted by Gasteiger charge is -2.17. The highest BCUT2D eigenvalue weighted by molar-refractivity contribution is 5.90. The van der Waals surface area contributed by atoms with E-state index in [4.69, 9.17) is 0 Å². The van der Waals surface area contributed by atoms with Crippen molar-refractivity contribution in [1.82, 2.24) is 0 Å². The minimum atomic E-state index is -0.947. The second kappa shape index (κ2) is 6.35. The summed E-state index contributed by atoms with van der Waals surface area (Å²) in [4.78, 5) is 11.4. The fourth-order valence-electron chi connectivity index (χ4n) is 1.98. The maximum Gasteiger partial charge on any atom is 0.340 e. The second-order valence-corrected chi connectivity index (χ2v) is 4.58. The molecule has 2 aromatic carbocycles. The lowest BCUT2D eigenvalue weighted by Crippen LogP contribution is -2.11. The minimum Gasteiger partial charge on any atom is -0.465 e. The molecule has 1 unspecified atom stereocenters. The average molecular weight is 291 g/mol. The molecular formula is C16H15F2NO2. The second-order valence-electron chi connectivity index (χ2n) is 4.58. The van der Waals surface area contributed by atoms with E-state index >= 15 is 0 Å². The van der Waals surface area contributed by atoms with Crippen molar-refractivity contribution < 1.29 is 18.3 Å². The van der Waals surface area contributed by atoms with Gasteiger partial charge in [0.15, 0.2) is 0 Å². The number of carbonyl (C=O) groups excluding carboxylic acids is 1. The summed E-state index contributed by atoms with van der Waals surface area (Å²) < 4.78 is 31.9. The van der Waals surface area contributed by atoms with Crippen LogP contribution in [0.1, 0.15) is 28.9 Å². The van der Waals surface area contributed by atoms with E-state index in [9.17, 15) is 13.6 Å². The number of benzene rings is 2. The Hall–Kier alpha value is -2.43. The molecule has 110 valence electrons. The molecule has 21 heavy (non-hydrogen) atoms. The highest BCUT2D eigenvalue weighted by Gasteiger charge is 2.17. The lowest BCUT2D eigenvalue weighted by molar-refractivity contribution is 0.0595. The van der Waals surface area contributed by atoms with Gasteiger partial charge in [0.25, 0.3) is 0 Å². The molecule has 2 rings (SSSR count). The van der Waals surface area contributed by atoms with Crippen LogP contribution in [0, 0.1) is 11.6 Å². The number of ether oxygens (including phenoxy) is 1. The molecular weight excluding hydrogens is 276 g/mol. The fourth-order valence-corrected chi connectivity index (χ4v) is 1.98. The number of nitrogens with one attached hydrogen (secondary N) is 1. The van der Waals surface area contributed by atoms with Gasteiger partial charge in [-0.05, 0) is 18.6 Å². The standard InChI is InChI=1S/C16H15F2NO2/c1-10(11-6-4-3-5-7-11)19-15-8-12(16(20)21-2)13(17)9-14(15)18/h3-10,19H,1-2H3. The van der Waals surface area contributed by atoms with Gasteiger partial charge in [0, 0.05) is 12.1 Å². The van der Waals surface area contributed by atoms with Crippen molar-refractivity contribution in [2.75, 3.05) is 12.4 Å². The zero-order valence-electron chi connectivity index (χ0n) is 11.7. The van der Waals surface area contributed by atoms with Crippen LogP contribution in [-0.2, 0) is 4.74 Å². The molecule has 0 fully saturated rings. The first-order chi connectivity index (χ1) is 10.0. The first-order valence-corrected chi connectivity index (χ1v) is 6.41. The number of hydrogen-bond acceptors (Lipinski definition) is 3. The molecule has 0 aromatic heterocycles. The molecule has 0 radical (unpaired) electrons. The Kier molecular flexibility index (Phi) is 4.52. The molecule has 2 aromatic rings. The van der Waals surface area contributed by atoms with Crippen molar-refractivity contribution in [3.8, 4) is 0 Å². The normalized spacial score (nSPS) is 11.8. The topological polar surface area (TPSA) is 38.3 Å². The maximum absolute atomic E-state index is 13.8. The van der Waals surface area contributed by atoms with Crippen LogP contribution < -0.4 is 5.32 Å². The third-order valence-electron chi connectivity index (χ3n) is 3.13. The molecule has 0 amide bonds. The van der Waals surface area contributed by atoms with Crippen molar-refractivity contribution in [3.63, 3.8) is 0 Å². The third-order valence-corrected chi connectivity index (χ3v) is 3.13. The summed E-state index contributed by atoms with van der Waals surface area (Å²) in [7, 11) is 1.14. The Labute approximate surface area is 121 Å². The van der Waals surface area contributed by atoms with Crippen molar-refractivity contribution in [2.45, 2.75) is 13.0 Å². The van der Waals surface area contributed by atoms with Crippen LogP contribution in [0.4, 0.5) is 14.5 Å². The molecule has 0 saturated heterocycles. The molecule has 0 aliphatic rings. The minimum absolute atomic E-state index is 0.0492. The number of halogens is 2. The first-order valence-electron chi connectivity index (χ1n) is 6.41. The van der Waals surface area contributed by atoms with Gasteiger partial charge >= 0.3 is 5.97 Å². The van der Waals surface area contributed by atoms with E-state index in [2.05, 4.69) is 10.1 Å². The van der Waals surface area contributed by atoms with Crippen molar-refractivity contribution in [1.29, 1.82) is 0 Å². The molecule has 0 bridgehead atoms. The quantitative estimate of drug-likeness (QED) is 0.868. The van der Waals surface area contributed by atoms with Crippen LogP contribution in [0.3, 0.4) is 0 Å². The van der Waals surface area contributed by atoms with Crippen molar-refractivity contribution in [3.05, 3.63) is 65.2 Å². The van der Waals surface area contributed by atoms with Crippen molar-refractivity contribution >= 4 is 11.7 Å². The largest absolute Gasteiger partial charge is 0.465 e. The lowest BCUT2D eigenvalue weighted by atomic mass is 10.1. The molecule has 0 spiro atoms. The van der Waals surface area contributed by atoms with Crippen LogP contribution in [0.15, 0.2) is 42.5 Å². The van der Waals surface area contributed by atoms with Gasteiger partial charge in [-0.3, -0.25) is 0 Å². The highest BCUT2D eigenvalue weighted by Crippen LogP contribution is 2.24. The first kappa shape index (κ1) is 15.0. The number of hydrogen-bond donors (Lipinski definition) is 1. The van der Waals surface area contributed by atoms with E-state index in [0.29, 0.717) is 6.07 Å². The Morgan fingerprint density at radius 3 is 2.43 bits per heavy atom. The van der Waals surface area contributed by atoms with Crippen LogP contribution in [0.5, 0.6) is 0 Å². The summed E-state index contributed by atoms with van der Waals surface area (Å²) in [6.07, 6.45) is 0. The summed E-state index contributed by atoms with van der Waals surface area (Å²) in [5.41, 5.74) is 0.690. The van der Waals surface area contributed by atoms with Gasteiger partial charge < -0.3 is 10.1 Å². The van der Waals surface area contributed by atoms with Crippen LogP contribution in [-0.4, -0.2) is 13.1 Å². The van der Waals surface area contributed by atoms with Gasteiger partial charge in [-0.15, -0.1) is 0 Å². The number of esters is 1. The third kappa shape index (κ3) is 3.37. The van der Waals surface area contributed by atoms with Gasteiger partial charge in [-0.1, -0.05) is 30.3 Å². The summed E-state index contributed by atoms with van der Waals surface area (Å²) in [5.74, 6) is -2.55. The van der Waals surface area contributed by atoms with Gasteiger partial charge in [0.05, 0.1) is 18.4 Å². The van der Waals surface area contributed by atoms with E-state index in [1.165, 1.54) is 0 Å². The maximum atomic E-state index is 13.8. The number of carbonyl (C=O) groups is 1. The Bertz CT molecular complexity index is 644. The number of rotatable bonds is 4. The molecule has 3 nitrogen and oxygen atoms in total. The predicted octanol–water partition coefficient (Wildman–Crippen LogP) is 3.92. The number of methoxy groups -OCH3 is 1. The van der Waals surface area contributed by atoms with E-state index in [-0.39, 0.29) is 17.3 Å². The molecule has 0 heterocycles. The molecule has 5 heteroatoms. The van der Waals surface area contributed by atoms with Gasteiger partial charge in [-0.2, -0.15) is 0 Å². The Balaban J connectivity index is 2.29. The van der Waals surface area contributed by atoms with E-state index in [1.807, 2.05) is 37.3 Å². The SMILES string of the molecule is COC(=O)c1cc(NC(C)c2ccccc2)c(F)cc1F. The summed E-state index contributed by atoms with van der Waals surface area (Å²) in [6.45, 7) is 1.84. The zero-order chi connectivity index (χ0) is 15.4. The molecule has 1 atom stereocenters. The smallest absolute Gasteiger partial charge is 0.340 e.